The van der Waals surface area contributed by atoms with Crippen LogP contribution in [-0.2, 0) is 11.3 Å². The summed E-state index contributed by atoms with van der Waals surface area (Å²) in [5.74, 6) is -1.06. The van der Waals surface area contributed by atoms with Crippen LogP contribution >= 0.6 is 0 Å². The van der Waals surface area contributed by atoms with Crippen molar-refractivity contribution in [1.29, 1.82) is 0 Å². The van der Waals surface area contributed by atoms with Crippen LogP contribution in [0.4, 0.5) is 0 Å². The van der Waals surface area contributed by atoms with Gasteiger partial charge in [0.05, 0.1) is 25.5 Å². The summed E-state index contributed by atoms with van der Waals surface area (Å²) in [4.78, 5) is 12.7. The number of carboxylic acid groups (broad SMARTS) is 1. The molecule has 1 aromatic rings. The third-order valence-electron chi connectivity index (χ3n) is 2.39. The molecule has 0 aromatic carbocycles. The van der Waals surface area contributed by atoms with Crippen LogP contribution in [-0.4, -0.2) is 63.8 Å². The maximum absolute atomic E-state index is 10.6. The van der Waals surface area contributed by atoms with Gasteiger partial charge in [0.2, 0.25) is 0 Å². The van der Waals surface area contributed by atoms with Gasteiger partial charge >= 0.3 is 5.97 Å². The molecule has 102 valence electrons. The summed E-state index contributed by atoms with van der Waals surface area (Å²) in [5, 5.41) is 16.0. The van der Waals surface area contributed by atoms with Crippen molar-refractivity contribution in [1.82, 2.24) is 19.9 Å². The largest absolute Gasteiger partial charge is 0.476 e. The van der Waals surface area contributed by atoms with Gasteiger partial charge in [0.25, 0.3) is 0 Å². The summed E-state index contributed by atoms with van der Waals surface area (Å²) in [7, 11) is 1.98. The summed E-state index contributed by atoms with van der Waals surface area (Å²) >= 11 is 0. The van der Waals surface area contributed by atoms with Crippen LogP contribution in [0.15, 0.2) is 6.20 Å². The van der Waals surface area contributed by atoms with Crippen molar-refractivity contribution in [2.24, 2.45) is 0 Å². The minimum atomic E-state index is -1.06. The van der Waals surface area contributed by atoms with E-state index >= 15 is 0 Å². The van der Waals surface area contributed by atoms with Gasteiger partial charge in [-0.25, -0.2) is 4.79 Å². The van der Waals surface area contributed by atoms with Gasteiger partial charge in [-0.2, -0.15) is 0 Å². The second kappa shape index (κ2) is 7.07. The van der Waals surface area contributed by atoms with E-state index in [-0.39, 0.29) is 11.8 Å². The molecule has 1 N–H and O–H groups in total. The number of carbonyl (C=O) groups is 1. The number of aromatic carboxylic acids is 1. The molecule has 0 aliphatic heterocycles. The van der Waals surface area contributed by atoms with Crippen molar-refractivity contribution in [2.45, 2.75) is 26.5 Å². The van der Waals surface area contributed by atoms with Crippen LogP contribution < -0.4 is 0 Å². The molecular formula is C11H20N4O3. The van der Waals surface area contributed by atoms with Gasteiger partial charge in [0.15, 0.2) is 5.69 Å². The summed E-state index contributed by atoms with van der Waals surface area (Å²) in [6, 6.07) is 0. The van der Waals surface area contributed by atoms with Crippen LogP contribution in [0, 0.1) is 0 Å². The fourth-order valence-corrected chi connectivity index (χ4v) is 1.33. The number of rotatable bonds is 8. The highest BCUT2D eigenvalue weighted by atomic mass is 16.5. The third-order valence-corrected chi connectivity index (χ3v) is 2.39. The molecule has 0 saturated heterocycles. The van der Waals surface area contributed by atoms with Crippen LogP contribution in [0.25, 0.3) is 0 Å². The Kier molecular flexibility index (Phi) is 5.73. The summed E-state index contributed by atoms with van der Waals surface area (Å²) < 4.78 is 6.98. The highest BCUT2D eigenvalue weighted by Crippen LogP contribution is 1.94. The van der Waals surface area contributed by atoms with Gasteiger partial charge in [0.1, 0.15) is 0 Å². The fourth-order valence-electron chi connectivity index (χ4n) is 1.33. The second-order valence-electron chi connectivity index (χ2n) is 4.39. The smallest absolute Gasteiger partial charge is 0.358 e. The van der Waals surface area contributed by atoms with Crippen molar-refractivity contribution in [2.75, 3.05) is 26.7 Å². The lowest BCUT2D eigenvalue weighted by Crippen LogP contribution is -2.28. The van der Waals surface area contributed by atoms with Crippen molar-refractivity contribution < 1.29 is 14.6 Å². The zero-order valence-electron chi connectivity index (χ0n) is 11.0. The normalized spacial score (nSPS) is 11.4. The van der Waals surface area contributed by atoms with Gasteiger partial charge in [-0.1, -0.05) is 5.21 Å². The van der Waals surface area contributed by atoms with E-state index in [1.165, 1.54) is 10.9 Å². The minimum Gasteiger partial charge on any atom is -0.476 e. The van der Waals surface area contributed by atoms with Crippen molar-refractivity contribution in [3.63, 3.8) is 0 Å². The average molecular weight is 256 g/mol. The topological polar surface area (TPSA) is 80.5 Å². The van der Waals surface area contributed by atoms with Gasteiger partial charge in [-0.05, 0) is 20.9 Å². The first-order chi connectivity index (χ1) is 8.49. The van der Waals surface area contributed by atoms with Gasteiger partial charge in [-0.15, -0.1) is 5.10 Å². The van der Waals surface area contributed by atoms with Crippen molar-refractivity contribution in [3.8, 4) is 0 Å². The monoisotopic (exact) mass is 256 g/mol. The van der Waals surface area contributed by atoms with Crippen LogP contribution in [0.5, 0.6) is 0 Å². The van der Waals surface area contributed by atoms with Crippen LogP contribution in [0.1, 0.15) is 24.3 Å². The zero-order valence-corrected chi connectivity index (χ0v) is 11.0. The van der Waals surface area contributed by atoms with E-state index in [9.17, 15) is 4.79 Å². The molecule has 1 rings (SSSR count). The van der Waals surface area contributed by atoms with Gasteiger partial charge in [-0.3, -0.25) is 4.68 Å². The molecular weight excluding hydrogens is 236 g/mol. The highest BCUT2D eigenvalue weighted by molar-refractivity contribution is 5.84. The van der Waals surface area contributed by atoms with E-state index in [0.717, 1.165) is 13.1 Å². The van der Waals surface area contributed by atoms with E-state index in [1.54, 1.807) is 0 Å². The fraction of sp³-hybridized carbons (Fsp3) is 0.727. The molecule has 0 aliphatic rings. The van der Waals surface area contributed by atoms with Crippen molar-refractivity contribution in [3.05, 3.63) is 11.9 Å². The lowest BCUT2D eigenvalue weighted by Gasteiger charge is -2.17. The quantitative estimate of drug-likeness (QED) is 0.722. The molecule has 1 aromatic heterocycles. The summed E-state index contributed by atoms with van der Waals surface area (Å²) in [6.45, 7) is 6.90. The first-order valence-electron chi connectivity index (χ1n) is 5.92. The number of aromatic nitrogens is 3. The SMILES string of the molecule is CC(C)OCCN(C)CCn1cc(C(=O)O)nn1. The van der Waals surface area contributed by atoms with E-state index in [2.05, 4.69) is 15.2 Å². The Hall–Kier alpha value is -1.47. The lowest BCUT2D eigenvalue weighted by atomic mass is 10.4. The maximum Gasteiger partial charge on any atom is 0.358 e. The van der Waals surface area contributed by atoms with Gasteiger partial charge in [0, 0.05) is 13.1 Å². The number of hydrogen-bond donors (Lipinski definition) is 1. The second-order valence-corrected chi connectivity index (χ2v) is 4.39. The van der Waals surface area contributed by atoms with Crippen LogP contribution in [0.3, 0.4) is 0 Å². The van der Waals surface area contributed by atoms with E-state index < -0.39 is 5.97 Å². The first kappa shape index (κ1) is 14.6. The summed E-state index contributed by atoms with van der Waals surface area (Å²) in [6.07, 6.45) is 1.67. The van der Waals surface area contributed by atoms with Crippen LogP contribution in [0.2, 0.25) is 0 Å². The Morgan fingerprint density at radius 2 is 2.28 bits per heavy atom. The standard InChI is InChI=1S/C11H20N4O3/c1-9(2)18-7-6-14(3)4-5-15-8-10(11(16)17)12-13-15/h8-9H,4-7H2,1-3H3,(H,16,17). The predicted molar refractivity (Wildman–Crippen MR) is 65.6 cm³/mol. The minimum absolute atomic E-state index is 0.0270. The maximum atomic E-state index is 10.6. The van der Waals surface area contributed by atoms with E-state index in [0.29, 0.717) is 13.2 Å². The molecule has 0 amide bonds. The summed E-state index contributed by atoms with van der Waals surface area (Å²) in [5.41, 5.74) is -0.0270. The Balaban J connectivity index is 2.24. The molecule has 0 saturated carbocycles. The Labute approximate surface area is 106 Å². The first-order valence-corrected chi connectivity index (χ1v) is 5.92. The number of nitrogens with zero attached hydrogens (tertiary/aromatic N) is 4. The molecule has 1 heterocycles. The molecule has 0 spiro atoms. The molecule has 7 heteroatoms. The number of likely N-dealkylation sites (N-methyl/N-ethyl adjacent to an activating group) is 1. The van der Waals surface area contributed by atoms with Crippen molar-refractivity contribution >= 4 is 5.97 Å². The lowest BCUT2D eigenvalue weighted by molar-refractivity contribution is 0.0631. The number of hydrogen-bond acceptors (Lipinski definition) is 5. The zero-order chi connectivity index (χ0) is 13.5. The molecule has 18 heavy (non-hydrogen) atoms. The van der Waals surface area contributed by atoms with E-state index in [4.69, 9.17) is 9.84 Å². The molecule has 0 bridgehead atoms. The molecule has 0 fully saturated rings. The predicted octanol–water partition coefficient (Wildman–Crippen LogP) is 0.333. The molecule has 0 aliphatic carbocycles. The number of carboxylic acids is 1. The Bertz CT molecular complexity index is 378. The third kappa shape index (κ3) is 5.24. The number of ether oxygens (including phenoxy) is 1. The highest BCUT2D eigenvalue weighted by Gasteiger charge is 2.08. The molecule has 0 unspecified atom stereocenters. The molecule has 0 atom stereocenters. The van der Waals surface area contributed by atoms with E-state index in [1.807, 2.05) is 20.9 Å². The molecule has 0 radical (unpaired) electrons. The average Bonchev–Trinajstić information content (AvgIpc) is 2.74. The Morgan fingerprint density at radius 1 is 1.56 bits per heavy atom. The molecule has 7 nitrogen and oxygen atoms in total. The Morgan fingerprint density at radius 3 is 2.83 bits per heavy atom. The van der Waals surface area contributed by atoms with Gasteiger partial charge < -0.3 is 14.7 Å².